The summed E-state index contributed by atoms with van der Waals surface area (Å²) < 4.78 is 5.36. The van der Waals surface area contributed by atoms with Crippen LogP contribution in [-0.2, 0) is 0 Å². The highest BCUT2D eigenvalue weighted by molar-refractivity contribution is 7.16. The number of aromatic nitrogens is 2. The van der Waals surface area contributed by atoms with Crippen molar-refractivity contribution in [1.29, 1.82) is 0 Å². The Bertz CT molecular complexity index is 618. The Kier molecular flexibility index (Phi) is 2.53. The van der Waals surface area contributed by atoms with E-state index in [2.05, 4.69) is 15.3 Å². The molecular weight excluding hydrogens is 234 g/mol. The molecule has 0 saturated heterocycles. The number of furan rings is 1. The normalized spacial score (nSPS) is 12.8. The molecule has 1 N–H and O–H groups in total. The van der Waals surface area contributed by atoms with Crippen molar-refractivity contribution in [3.63, 3.8) is 0 Å². The molecule has 0 aliphatic carbocycles. The maximum absolute atomic E-state index is 5.36. The van der Waals surface area contributed by atoms with Crippen LogP contribution in [0.1, 0.15) is 18.7 Å². The summed E-state index contributed by atoms with van der Waals surface area (Å²) in [6.45, 7) is 2.04. The minimum atomic E-state index is 0.0861. The Morgan fingerprint density at radius 3 is 3.12 bits per heavy atom. The van der Waals surface area contributed by atoms with Crippen LogP contribution in [0.25, 0.3) is 10.2 Å². The quantitative estimate of drug-likeness (QED) is 0.767. The predicted octanol–water partition coefficient (Wildman–Crippen LogP) is 3.46. The minimum absolute atomic E-state index is 0.0861. The maximum atomic E-state index is 5.36. The topological polar surface area (TPSA) is 51.0 Å². The van der Waals surface area contributed by atoms with E-state index in [9.17, 15) is 0 Å². The zero-order chi connectivity index (χ0) is 11.7. The van der Waals surface area contributed by atoms with Gasteiger partial charge in [-0.15, -0.1) is 11.3 Å². The molecule has 0 fully saturated rings. The number of hydrogen-bond acceptors (Lipinski definition) is 5. The van der Waals surface area contributed by atoms with Gasteiger partial charge in [-0.25, -0.2) is 9.97 Å². The molecule has 86 valence electrons. The molecule has 0 bridgehead atoms. The van der Waals surface area contributed by atoms with Gasteiger partial charge in [-0.3, -0.25) is 0 Å². The largest absolute Gasteiger partial charge is 0.467 e. The van der Waals surface area contributed by atoms with Gasteiger partial charge in [-0.05, 0) is 30.5 Å². The Morgan fingerprint density at radius 2 is 2.29 bits per heavy atom. The molecule has 0 aliphatic heterocycles. The van der Waals surface area contributed by atoms with Crippen molar-refractivity contribution < 1.29 is 4.42 Å². The number of rotatable bonds is 3. The predicted molar refractivity (Wildman–Crippen MR) is 68.2 cm³/mol. The maximum Gasteiger partial charge on any atom is 0.138 e. The molecule has 0 aliphatic rings. The molecule has 4 nitrogen and oxygen atoms in total. The van der Waals surface area contributed by atoms with Crippen LogP contribution >= 0.6 is 11.3 Å². The van der Waals surface area contributed by atoms with Gasteiger partial charge in [0.15, 0.2) is 0 Å². The lowest BCUT2D eigenvalue weighted by Gasteiger charge is -2.12. The van der Waals surface area contributed by atoms with Crippen LogP contribution in [0, 0.1) is 0 Å². The molecule has 3 aromatic heterocycles. The Morgan fingerprint density at radius 1 is 1.35 bits per heavy atom. The van der Waals surface area contributed by atoms with E-state index >= 15 is 0 Å². The molecule has 0 radical (unpaired) electrons. The average Bonchev–Trinajstić information content (AvgIpc) is 3.00. The lowest BCUT2D eigenvalue weighted by atomic mass is 10.2. The van der Waals surface area contributed by atoms with Crippen LogP contribution in [0.5, 0.6) is 0 Å². The summed E-state index contributed by atoms with van der Waals surface area (Å²) in [5.41, 5.74) is 0. The number of thiophene rings is 1. The van der Waals surface area contributed by atoms with Crippen molar-refractivity contribution in [3.8, 4) is 0 Å². The molecular formula is C12H11N3OS. The first-order chi connectivity index (χ1) is 8.34. The lowest BCUT2D eigenvalue weighted by Crippen LogP contribution is -2.07. The molecule has 5 heteroatoms. The van der Waals surface area contributed by atoms with Crippen molar-refractivity contribution in [1.82, 2.24) is 9.97 Å². The van der Waals surface area contributed by atoms with Gasteiger partial charge in [0.2, 0.25) is 0 Å². The third kappa shape index (κ3) is 1.89. The fourth-order valence-electron chi connectivity index (χ4n) is 1.72. The van der Waals surface area contributed by atoms with E-state index in [1.165, 1.54) is 0 Å². The summed E-state index contributed by atoms with van der Waals surface area (Å²) in [6.07, 6.45) is 3.25. The zero-order valence-electron chi connectivity index (χ0n) is 9.25. The van der Waals surface area contributed by atoms with Gasteiger partial charge < -0.3 is 9.73 Å². The lowest BCUT2D eigenvalue weighted by molar-refractivity contribution is 0.490. The molecule has 3 rings (SSSR count). The number of nitrogens with zero attached hydrogens (tertiary/aromatic N) is 2. The van der Waals surface area contributed by atoms with Gasteiger partial charge in [-0.2, -0.15) is 0 Å². The Balaban J connectivity index is 1.92. The first-order valence-corrected chi connectivity index (χ1v) is 6.20. The van der Waals surface area contributed by atoms with Crippen LogP contribution in [-0.4, -0.2) is 9.97 Å². The summed E-state index contributed by atoms with van der Waals surface area (Å²) in [4.78, 5) is 9.48. The molecule has 0 saturated carbocycles. The van der Waals surface area contributed by atoms with Crippen LogP contribution in [0.3, 0.4) is 0 Å². The number of nitrogens with one attached hydrogen (secondary N) is 1. The zero-order valence-corrected chi connectivity index (χ0v) is 10.1. The second-order valence-electron chi connectivity index (χ2n) is 3.74. The first-order valence-electron chi connectivity index (χ1n) is 5.33. The fourth-order valence-corrected chi connectivity index (χ4v) is 2.45. The minimum Gasteiger partial charge on any atom is -0.467 e. The highest BCUT2D eigenvalue weighted by atomic mass is 32.1. The van der Waals surface area contributed by atoms with Crippen LogP contribution < -0.4 is 5.32 Å². The third-order valence-electron chi connectivity index (χ3n) is 2.58. The van der Waals surface area contributed by atoms with Crippen LogP contribution in [0.4, 0.5) is 5.82 Å². The number of fused-ring (bicyclic) bond motifs is 1. The van der Waals surface area contributed by atoms with E-state index in [0.29, 0.717) is 0 Å². The van der Waals surface area contributed by atoms with E-state index in [1.807, 2.05) is 30.5 Å². The highest BCUT2D eigenvalue weighted by Gasteiger charge is 2.11. The molecule has 0 spiro atoms. The number of hydrogen-bond donors (Lipinski definition) is 1. The molecule has 3 aromatic rings. The summed E-state index contributed by atoms with van der Waals surface area (Å²) in [7, 11) is 0. The van der Waals surface area contributed by atoms with E-state index in [4.69, 9.17) is 4.42 Å². The second kappa shape index (κ2) is 4.18. The van der Waals surface area contributed by atoms with E-state index in [-0.39, 0.29) is 6.04 Å². The third-order valence-corrected chi connectivity index (χ3v) is 3.41. The van der Waals surface area contributed by atoms with Crippen molar-refractivity contribution in [2.75, 3.05) is 5.32 Å². The van der Waals surface area contributed by atoms with Gasteiger partial charge in [-0.1, -0.05) is 0 Å². The summed E-state index contributed by atoms with van der Waals surface area (Å²) in [5.74, 6) is 1.74. The molecule has 0 amide bonds. The van der Waals surface area contributed by atoms with Gasteiger partial charge in [0.25, 0.3) is 0 Å². The summed E-state index contributed by atoms with van der Waals surface area (Å²) in [6, 6.07) is 5.94. The monoisotopic (exact) mass is 245 g/mol. The Labute approximate surface area is 102 Å². The van der Waals surface area contributed by atoms with Crippen molar-refractivity contribution in [2.45, 2.75) is 13.0 Å². The molecule has 17 heavy (non-hydrogen) atoms. The van der Waals surface area contributed by atoms with Gasteiger partial charge in [0.05, 0.1) is 17.7 Å². The SMILES string of the molecule is C[C@@H](Nc1ncnc2sccc12)c1ccco1. The van der Waals surface area contributed by atoms with Gasteiger partial charge in [0, 0.05) is 0 Å². The van der Waals surface area contributed by atoms with Crippen molar-refractivity contribution >= 4 is 27.4 Å². The average molecular weight is 245 g/mol. The molecule has 0 aromatic carbocycles. The fraction of sp³-hybridized carbons (Fsp3) is 0.167. The van der Waals surface area contributed by atoms with E-state index in [1.54, 1.807) is 23.9 Å². The first kappa shape index (κ1) is 10.3. The summed E-state index contributed by atoms with van der Waals surface area (Å²) in [5, 5.41) is 6.40. The smallest absolute Gasteiger partial charge is 0.138 e. The standard InChI is InChI=1S/C12H11N3OS/c1-8(10-3-2-5-16-10)15-11-9-4-6-17-12(9)14-7-13-11/h2-8H,1H3,(H,13,14,15)/t8-/m1/s1. The van der Waals surface area contributed by atoms with Crippen LogP contribution in [0.2, 0.25) is 0 Å². The van der Waals surface area contributed by atoms with Crippen molar-refractivity contribution in [3.05, 3.63) is 41.9 Å². The van der Waals surface area contributed by atoms with Crippen molar-refractivity contribution in [2.24, 2.45) is 0 Å². The Hall–Kier alpha value is -1.88. The summed E-state index contributed by atoms with van der Waals surface area (Å²) >= 11 is 1.61. The van der Waals surface area contributed by atoms with E-state index < -0.39 is 0 Å². The molecule has 1 atom stereocenters. The van der Waals surface area contributed by atoms with Gasteiger partial charge >= 0.3 is 0 Å². The molecule has 0 unspecified atom stereocenters. The molecule has 3 heterocycles. The number of anilines is 1. The van der Waals surface area contributed by atoms with Gasteiger partial charge in [0.1, 0.15) is 22.7 Å². The van der Waals surface area contributed by atoms with E-state index in [0.717, 1.165) is 21.8 Å². The second-order valence-corrected chi connectivity index (χ2v) is 4.64. The highest BCUT2D eigenvalue weighted by Crippen LogP contribution is 2.26. The van der Waals surface area contributed by atoms with Crippen LogP contribution in [0.15, 0.2) is 40.6 Å².